The van der Waals surface area contributed by atoms with Crippen LogP contribution in [0.25, 0.3) is 0 Å². The maximum absolute atomic E-state index is 14.8. The molecule has 0 radical (unpaired) electrons. The van der Waals surface area contributed by atoms with Crippen LogP contribution < -0.4 is 15.8 Å². The molecule has 1 amide bonds. The van der Waals surface area contributed by atoms with Crippen LogP contribution in [0.5, 0.6) is 5.75 Å². The quantitative estimate of drug-likeness (QED) is 0.316. The van der Waals surface area contributed by atoms with E-state index < -0.39 is 29.2 Å². The van der Waals surface area contributed by atoms with Crippen LogP contribution in [0.1, 0.15) is 35.3 Å². The molecule has 0 saturated heterocycles. The van der Waals surface area contributed by atoms with Gasteiger partial charge < -0.3 is 20.5 Å². The Morgan fingerprint density at radius 3 is 2.24 bits per heavy atom. The first kappa shape index (κ1) is 23.9. The summed E-state index contributed by atoms with van der Waals surface area (Å²) in [7, 11) is 0. The van der Waals surface area contributed by atoms with Crippen molar-refractivity contribution in [3.63, 3.8) is 0 Å². The number of ether oxygens (including phenoxy) is 2. The number of amidine groups is 1. The average Bonchev–Trinajstić information content (AvgIpc) is 2.81. The molecule has 33 heavy (non-hydrogen) atoms. The van der Waals surface area contributed by atoms with Crippen molar-refractivity contribution in [3.8, 4) is 5.75 Å². The number of nitrogen functional groups attached to an aromatic ring is 1. The predicted molar refractivity (Wildman–Crippen MR) is 121 cm³/mol. The second-order valence-electron chi connectivity index (χ2n) is 7.24. The SMILES string of the molecule is CCOC(C(=O)NCc1ccc(C(=N)N)cc1)c1c(F)cc(OCc2ccccc2)cc1F. The molecule has 3 aromatic rings. The predicted octanol–water partition coefficient (Wildman–Crippen LogP) is 4.22. The zero-order valence-corrected chi connectivity index (χ0v) is 18.1. The van der Waals surface area contributed by atoms with Gasteiger partial charge in [-0.15, -0.1) is 0 Å². The molecule has 0 fully saturated rings. The highest BCUT2D eigenvalue weighted by atomic mass is 19.1. The number of carbonyl (C=O) groups excluding carboxylic acids is 1. The number of amides is 1. The van der Waals surface area contributed by atoms with E-state index in [0.29, 0.717) is 5.56 Å². The van der Waals surface area contributed by atoms with E-state index in [9.17, 15) is 13.6 Å². The molecule has 0 aliphatic rings. The van der Waals surface area contributed by atoms with E-state index in [1.165, 1.54) is 0 Å². The van der Waals surface area contributed by atoms with Crippen molar-refractivity contribution in [3.05, 3.63) is 101 Å². The maximum Gasteiger partial charge on any atom is 0.254 e. The van der Waals surface area contributed by atoms with Crippen LogP contribution in [-0.4, -0.2) is 18.3 Å². The van der Waals surface area contributed by atoms with Crippen molar-refractivity contribution >= 4 is 11.7 Å². The van der Waals surface area contributed by atoms with Crippen molar-refractivity contribution in [1.29, 1.82) is 5.41 Å². The van der Waals surface area contributed by atoms with Crippen molar-refractivity contribution in [2.75, 3.05) is 6.61 Å². The minimum atomic E-state index is -1.46. The molecule has 3 aromatic carbocycles. The molecule has 172 valence electrons. The highest BCUT2D eigenvalue weighted by Gasteiger charge is 2.28. The van der Waals surface area contributed by atoms with E-state index in [1.807, 2.05) is 30.3 Å². The molecule has 3 rings (SSSR count). The van der Waals surface area contributed by atoms with Gasteiger partial charge in [0.25, 0.3) is 5.91 Å². The van der Waals surface area contributed by atoms with Crippen LogP contribution in [0.15, 0.2) is 66.7 Å². The Bertz CT molecular complexity index is 1080. The summed E-state index contributed by atoms with van der Waals surface area (Å²) in [6, 6.07) is 18.0. The van der Waals surface area contributed by atoms with Crippen LogP contribution >= 0.6 is 0 Å². The summed E-state index contributed by atoms with van der Waals surface area (Å²) in [4.78, 5) is 12.7. The molecule has 8 heteroatoms. The molecule has 0 heterocycles. The largest absolute Gasteiger partial charge is 0.489 e. The van der Waals surface area contributed by atoms with Gasteiger partial charge in [0.1, 0.15) is 29.8 Å². The minimum Gasteiger partial charge on any atom is -0.489 e. The molecule has 0 bridgehead atoms. The van der Waals surface area contributed by atoms with Crippen molar-refractivity contribution in [1.82, 2.24) is 5.32 Å². The lowest BCUT2D eigenvalue weighted by Gasteiger charge is -2.19. The van der Waals surface area contributed by atoms with Gasteiger partial charge in [0.15, 0.2) is 6.10 Å². The number of rotatable bonds is 10. The molecule has 4 N–H and O–H groups in total. The smallest absolute Gasteiger partial charge is 0.254 e. The van der Waals surface area contributed by atoms with Gasteiger partial charge in [0, 0.05) is 30.8 Å². The van der Waals surface area contributed by atoms with Crippen molar-refractivity contribution in [2.24, 2.45) is 5.73 Å². The zero-order valence-electron chi connectivity index (χ0n) is 18.1. The second kappa shape index (κ2) is 11.2. The van der Waals surface area contributed by atoms with Gasteiger partial charge in [-0.2, -0.15) is 0 Å². The molecule has 0 aliphatic heterocycles. The summed E-state index contributed by atoms with van der Waals surface area (Å²) >= 11 is 0. The third-order valence-electron chi connectivity index (χ3n) is 4.87. The normalized spacial score (nSPS) is 11.6. The lowest BCUT2D eigenvalue weighted by molar-refractivity contribution is -0.133. The van der Waals surface area contributed by atoms with Crippen LogP contribution in [-0.2, 0) is 22.7 Å². The first-order valence-electron chi connectivity index (χ1n) is 10.4. The highest BCUT2D eigenvalue weighted by Crippen LogP contribution is 2.29. The van der Waals surface area contributed by atoms with Gasteiger partial charge >= 0.3 is 0 Å². The summed E-state index contributed by atoms with van der Waals surface area (Å²) < 4.78 is 40.6. The van der Waals surface area contributed by atoms with Crippen molar-refractivity contribution in [2.45, 2.75) is 26.2 Å². The molecule has 6 nitrogen and oxygen atoms in total. The van der Waals surface area contributed by atoms with Gasteiger partial charge in [0.05, 0.1) is 5.56 Å². The standard InChI is InChI=1S/C25H25F2N3O3/c1-2-32-23(25(31)30-14-16-8-10-18(11-9-16)24(28)29)22-20(26)12-19(13-21(22)27)33-15-17-6-4-3-5-7-17/h3-13,23H,2,14-15H2,1H3,(H3,28,29)(H,30,31). The summed E-state index contributed by atoms with van der Waals surface area (Å²) in [5.74, 6) is -2.60. The molecule has 0 aromatic heterocycles. The van der Waals surface area contributed by atoms with Crippen LogP contribution in [0, 0.1) is 17.0 Å². The lowest BCUT2D eigenvalue weighted by Crippen LogP contribution is -2.31. The molecule has 0 saturated carbocycles. The van der Waals surface area contributed by atoms with Crippen LogP contribution in [0.3, 0.4) is 0 Å². The van der Waals surface area contributed by atoms with Gasteiger partial charge in [-0.05, 0) is 18.1 Å². The van der Waals surface area contributed by atoms with E-state index in [2.05, 4.69) is 5.32 Å². The Balaban J connectivity index is 1.71. The summed E-state index contributed by atoms with van der Waals surface area (Å²) in [6.07, 6.45) is -1.46. The molecule has 0 spiro atoms. The molecular weight excluding hydrogens is 428 g/mol. The number of nitrogens with one attached hydrogen (secondary N) is 2. The third kappa shape index (κ3) is 6.36. The topological polar surface area (TPSA) is 97.4 Å². The van der Waals surface area contributed by atoms with Gasteiger partial charge in [-0.1, -0.05) is 54.6 Å². The number of benzene rings is 3. The highest BCUT2D eigenvalue weighted by molar-refractivity contribution is 5.94. The minimum absolute atomic E-state index is 0.0128. The number of nitrogens with two attached hydrogens (primary N) is 1. The number of hydrogen-bond acceptors (Lipinski definition) is 4. The Labute approximate surface area is 190 Å². The molecule has 0 aliphatic carbocycles. The fraction of sp³-hybridized carbons (Fsp3) is 0.200. The molecule has 1 atom stereocenters. The second-order valence-corrected chi connectivity index (χ2v) is 7.24. The summed E-state index contributed by atoms with van der Waals surface area (Å²) in [5, 5.41) is 10.0. The zero-order chi connectivity index (χ0) is 23.8. The first-order valence-corrected chi connectivity index (χ1v) is 10.4. The monoisotopic (exact) mass is 453 g/mol. The Kier molecular flexibility index (Phi) is 8.10. The Hall–Kier alpha value is -3.78. The lowest BCUT2D eigenvalue weighted by atomic mass is 10.1. The van der Waals surface area contributed by atoms with E-state index in [-0.39, 0.29) is 31.3 Å². The number of halogens is 2. The number of carbonyl (C=O) groups is 1. The number of hydrogen-bond donors (Lipinski definition) is 3. The maximum atomic E-state index is 14.8. The Morgan fingerprint density at radius 2 is 1.67 bits per heavy atom. The van der Waals surface area contributed by atoms with E-state index in [1.54, 1.807) is 31.2 Å². The van der Waals surface area contributed by atoms with Gasteiger partial charge in [-0.25, -0.2) is 8.78 Å². The molecular formula is C25H25F2N3O3. The van der Waals surface area contributed by atoms with Gasteiger partial charge in [-0.3, -0.25) is 10.2 Å². The van der Waals surface area contributed by atoms with E-state index >= 15 is 0 Å². The fourth-order valence-electron chi connectivity index (χ4n) is 3.18. The van der Waals surface area contributed by atoms with Crippen LogP contribution in [0.2, 0.25) is 0 Å². The summed E-state index contributed by atoms with van der Waals surface area (Å²) in [5.41, 5.74) is 7.08. The van der Waals surface area contributed by atoms with Crippen LogP contribution in [0.4, 0.5) is 8.78 Å². The average molecular weight is 453 g/mol. The third-order valence-corrected chi connectivity index (χ3v) is 4.87. The Morgan fingerprint density at radius 1 is 1.03 bits per heavy atom. The van der Waals surface area contributed by atoms with E-state index in [4.69, 9.17) is 20.6 Å². The van der Waals surface area contributed by atoms with Gasteiger partial charge in [0.2, 0.25) is 0 Å². The molecule has 1 unspecified atom stereocenters. The summed E-state index contributed by atoms with van der Waals surface area (Å²) in [6.45, 7) is 1.98. The van der Waals surface area contributed by atoms with E-state index in [0.717, 1.165) is 23.3 Å². The first-order chi connectivity index (χ1) is 15.9. The van der Waals surface area contributed by atoms with Crippen molar-refractivity contribution < 1.29 is 23.0 Å². The fourth-order valence-corrected chi connectivity index (χ4v) is 3.18.